The van der Waals surface area contributed by atoms with E-state index in [0.717, 1.165) is 4.70 Å². The number of halogens is 3. The van der Waals surface area contributed by atoms with Gasteiger partial charge in [0, 0.05) is 10.3 Å². The molecule has 1 heterocycles. The van der Waals surface area contributed by atoms with E-state index < -0.39 is 12.3 Å². The second-order valence-electron chi connectivity index (χ2n) is 3.13. The Hall–Kier alpha value is -1.07. The Morgan fingerprint density at radius 3 is 2.53 bits per heavy atom. The summed E-state index contributed by atoms with van der Waals surface area (Å²) < 4.78 is 37.6. The van der Waals surface area contributed by atoms with E-state index in [1.165, 1.54) is 16.7 Å². The van der Waals surface area contributed by atoms with Gasteiger partial charge in [-0.3, -0.25) is 0 Å². The van der Waals surface area contributed by atoms with E-state index in [4.69, 9.17) is 5.11 Å². The van der Waals surface area contributed by atoms with E-state index in [9.17, 15) is 13.2 Å². The standard InChI is InChI=1S/C10H7F3OS/c11-10(12,13)9(14)7-5-15-8-4-2-1-3-6(7)8/h1-5,9,14H. The number of hydrogen-bond acceptors (Lipinski definition) is 2. The second-order valence-corrected chi connectivity index (χ2v) is 4.04. The highest BCUT2D eigenvalue weighted by molar-refractivity contribution is 7.17. The summed E-state index contributed by atoms with van der Waals surface area (Å²) in [7, 11) is 0. The van der Waals surface area contributed by atoms with Crippen LogP contribution in [-0.2, 0) is 0 Å². The van der Waals surface area contributed by atoms with Crippen LogP contribution in [0.15, 0.2) is 29.6 Å². The monoisotopic (exact) mass is 232 g/mol. The summed E-state index contributed by atoms with van der Waals surface area (Å²) in [4.78, 5) is 0. The van der Waals surface area contributed by atoms with Crippen LogP contribution in [0.4, 0.5) is 13.2 Å². The third kappa shape index (κ3) is 1.85. The van der Waals surface area contributed by atoms with Crippen molar-refractivity contribution in [2.45, 2.75) is 12.3 Å². The van der Waals surface area contributed by atoms with Crippen molar-refractivity contribution in [2.24, 2.45) is 0 Å². The molecule has 0 aliphatic carbocycles. The molecule has 0 radical (unpaired) electrons. The molecule has 0 saturated heterocycles. The SMILES string of the molecule is OC(c1csc2ccccc12)C(F)(F)F. The number of thiophene rings is 1. The molecule has 0 bridgehead atoms. The maximum absolute atomic E-state index is 12.3. The van der Waals surface area contributed by atoms with Crippen molar-refractivity contribution in [1.29, 1.82) is 0 Å². The van der Waals surface area contributed by atoms with Gasteiger partial charge >= 0.3 is 6.18 Å². The van der Waals surface area contributed by atoms with Gasteiger partial charge in [-0.2, -0.15) is 13.2 Å². The van der Waals surface area contributed by atoms with E-state index >= 15 is 0 Å². The molecule has 2 rings (SSSR count). The van der Waals surface area contributed by atoms with Gasteiger partial charge in [0.25, 0.3) is 0 Å². The zero-order valence-corrected chi connectivity index (χ0v) is 8.27. The van der Waals surface area contributed by atoms with Crippen LogP contribution in [0.5, 0.6) is 0 Å². The first-order valence-corrected chi connectivity index (χ1v) is 5.09. The molecule has 0 fully saturated rings. The Kier molecular flexibility index (Phi) is 2.44. The maximum atomic E-state index is 12.3. The van der Waals surface area contributed by atoms with Crippen LogP contribution in [0.1, 0.15) is 11.7 Å². The van der Waals surface area contributed by atoms with Gasteiger partial charge in [0.05, 0.1) is 0 Å². The Labute approximate surface area is 87.8 Å². The lowest BCUT2D eigenvalue weighted by Crippen LogP contribution is -2.19. The molecule has 1 aromatic carbocycles. The molecule has 5 heteroatoms. The van der Waals surface area contributed by atoms with Gasteiger partial charge in [-0.1, -0.05) is 18.2 Å². The number of aliphatic hydroxyl groups excluding tert-OH is 1. The second kappa shape index (κ2) is 3.50. The highest BCUT2D eigenvalue weighted by Crippen LogP contribution is 2.38. The van der Waals surface area contributed by atoms with E-state index in [1.807, 2.05) is 0 Å². The summed E-state index contributed by atoms with van der Waals surface area (Å²) in [5.41, 5.74) is -0.0666. The molecule has 0 saturated carbocycles. The maximum Gasteiger partial charge on any atom is 0.418 e. The number of rotatable bonds is 1. The highest BCUT2D eigenvalue weighted by atomic mass is 32.1. The van der Waals surface area contributed by atoms with Crippen molar-refractivity contribution in [2.75, 3.05) is 0 Å². The first-order valence-electron chi connectivity index (χ1n) is 4.21. The minimum Gasteiger partial charge on any atom is -0.379 e. The molecule has 0 spiro atoms. The Morgan fingerprint density at radius 1 is 1.20 bits per heavy atom. The minimum absolute atomic E-state index is 0.0666. The third-order valence-electron chi connectivity index (χ3n) is 2.12. The van der Waals surface area contributed by atoms with Crippen LogP contribution >= 0.6 is 11.3 Å². The molecule has 15 heavy (non-hydrogen) atoms. The lowest BCUT2D eigenvalue weighted by atomic mass is 10.1. The zero-order chi connectivity index (χ0) is 11.1. The molecule has 0 aliphatic heterocycles. The van der Waals surface area contributed by atoms with Crippen molar-refractivity contribution in [1.82, 2.24) is 0 Å². The molecule has 1 aromatic heterocycles. The van der Waals surface area contributed by atoms with Gasteiger partial charge in [0.2, 0.25) is 0 Å². The Bertz CT molecular complexity index is 475. The quantitative estimate of drug-likeness (QED) is 0.797. The Morgan fingerprint density at radius 2 is 1.87 bits per heavy atom. The van der Waals surface area contributed by atoms with Crippen LogP contribution in [0.3, 0.4) is 0 Å². The fraction of sp³-hybridized carbons (Fsp3) is 0.200. The zero-order valence-electron chi connectivity index (χ0n) is 7.45. The molecular formula is C10H7F3OS. The van der Waals surface area contributed by atoms with Gasteiger partial charge < -0.3 is 5.11 Å². The molecule has 80 valence electrons. The first-order chi connectivity index (χ1) is 7.00. The molecule has 2 aromatic rings. The number of hydrogen-bond donors (Lipinski definition) is 1. The summed E-state index contributed by atoms with van der Waals surface area (Å²) in [5.74, 6) is 0. The largest absolute Gasteiger partial charge is 0.418 e. The molecule has 0 amide bonds. The first kappa shape index (κ1) is 10.4. The van der Waals surface area contributed by atoms with Crippen molar-refractivity contribution < 1.29 is 18.3 Å². The van der Waals surface area contributed by atoms with Crippen LogP contribution in [0.2, 0.25) is 0 Å². The Balaban J connectivity index is 2.53. The lowest BCUT2D eigenvalue weighted by Gasteiger charge is -2.13. The molecule has 0 aliphatic rings. The molecule has 1 unspecified atom stereocenters. The van der Waals surface area contributed by atoms with Crippen molar-refractivity contribution in [3.05, 3.63) is 35.2 Å². The van der Waals surface area contributed by atoms with Gasteiger partial charge in [0.15, 0.2) is 6.10 Å². The summed E-state index contributed by atoms with van der Waals surface area (Å²) >= 11 is 1.20. The van der Waals surface area contributed by atoms with Gasteiger partial charge in [-0.05, 0) is 16.8 Å². The third-order valence-corrected chi connectivity index (χ3v) is 3.10. The van der Waals surface area contributed by atoms with E-state index in [-0.39, 0.29) is 5.56 Å². The van der Waals surface area contributed by atoms with E-state index in [2.05, 4.69) is 0 Å². The predicted molar refractivity (Wildman–Crippen MR) is 52.8 cm³/mol. The van der Waals surface area contributed by atoms with Crippen LogP contribution < -0.4 is 0 Å². The van der Waals surface area contributed by atoms with Gasteiger partial charge in [-0.15, -0.1) is 11.3 Å². The summed E-state index contributed by atoms with van der Waals surface area (Å²) in [5, 5.41) is 10.9. The summed E-state index contributed by atoms with van der Waals surface area (Å²) in [6.45, 7) is 0. The smallest absolute Gasteiger partial charge is 0.379 e. The van der Waals surface area contributed by atoms with E-state index in [0.29, 0.717) is 5.39 Å². The van der Waals surface area contributed by atoms with Gasteiger partial charge in [0.1, 0.15) is 0 Å². The molecule has 1 atom stereocenters. The average molecular weight is 232 g/mol. The average Bonchev–Trinajstić information content (AvgIpc) is 2.58. The fourth-order valence-corrected chi connectivity index (χ4v) is 2.37. The lowest BCUT2D eigenvalue weighted by molar-refractivity contribution is -0.206. The number of benzene rings is 1. The molecule has 1 nitrogen and oxygen atoms in total. The topological polar surface area (TPSA) is 20.2 Å². The van der Waals surface area contributed by atoms with Crippen molar-refractivity contribution in [3.8, 4) is 0 Å². The molecule has 1 N–H and O–H groups in total. The number of fused-ring (bicyclic) bond motifs is 1. The predicted octanol–water partition coefficient (Wildman–Crippen LogP) is 3.50. The van der Waals surface area contributed by atoms with Crippen LogP contribution in [-0.4, -0.2) is 11.3 Å². The van der Waals surface area contributed by atoms with Crippen molar-refractivity contribution >= 4 is 21.4 Å². The van der Waals surface area contributed by atoms with Gasteiger partial charge in [-0.25, -0.2) is 0 Å². The normalized spacial score (nSPS) is 14.4. The number of aliphatic hydroxyl groups is 1. The highest BCUT2D eigenvalue weighted by Gasteiger charge is 2.40. The van der Waals surface area contributed by atoms with Crippen LogP contribution in [0, 0.1) is 0 Å². The molecular weight excluding hydrogens is 225 g/mol. The van der Waals surface area contributed by atoms with E-state index in [1.54, 1.807) is 24.3 Å². The van der Waals surface area contributed by atoms with Crippen LogP contribution in [0.25, 0.3) is 10.1 Å². The number of alkyl halides is 3. The summed E-state index contributed by atoms with van der Waals surface area (Å²) in [6, 6.07) is 6.72. The van der Waals surface area contributed by atoms with Crippen molar-refractivity contribution in [3.63, 3.8) is 0 Å². The fourth-order valence-electron chi connectivity index (χ4n) is 1.39. The minimum atomic E-state index is -4.61. The summed E-state index contributed by atoms with van der Waals surface area (Å²) in [6.07, 6.45) is -7.00.